The fourth-order valence-electron chi connectivity index (χ4n) is 2.27. The number of aromatic nitrogens is 1. The van der Waals surface area contributed by atoms with Gasteiger partial charge in [0.05, 0.1) is 5.56 Å². The lowest BCUT2D eigenvalue weighted by Gasteiger charge is -2.32. The number of pyridine rings is 1. The molecule has 1 heterocycles. The third kappa shape index (κ3) is 3.94. The minimum atomic E-state index is -0.00648. The summed E-state index contributed by atoms with van der Waals surface area (Å²) in [6.07, 6.45) is 3.51. The average molecular weight is 263 g/mol. The summed E-state index contributed by atoms with van der Waals surface area (Å²) < 4.78 is 0. The highest BCUT2D eigenvalue weighted by molar-refractivity contribution is 5.98. The van der Waals surface area contributed by atoms with Crippen LogP contribution in [0.3, 0.4) is 0 Å². The lowest BCUT2D eigenvalue weighted by molar-refractivity contribution is 0.0641. The highest BCUT2D eigenvalue weighted by Crippen LogP contribution is 2.18. The summed E-state index contributed by atoms with van der Waals surface area (Å²) in [6, 6.07) is 3.76. The van der Waals surface area contributed by atoms with E-state index in [0.717, 1.165) is 19.4 Å². The Labute approximate surface area is 116 Å². The van der Waals surface area contributed by atoms with Crippen LogP contribution in [0, 0.1) is 5.92 Å². The van der Waals surface area contributed by atoms with Crippen molar-refractivity contribution < 1.29 is 4.79 Å². The second-order valence-corrected chi connectivity index (χ2v) is 5.26. The Morgan fingerprint density at radius 1 is 1.37 bits per heavy atom. The number of nitrogens with two attached hydrogens (primary N) is 1. The van der Waals surface area contributed by atoms with Gasteiger partial charge in [0.25, 0.3) is 5.91 Å². The summed E-state index contributed by atoms with van der Waals surface area (Å²) in [7, 11) is 0. The van der Waals surface area contributed by atoms with Crippen LogP contribution in [0.25, 0.3) is 0 Å². The molecule has 1 amide bonds. The van der Waals surface area contributed by atoms with Crippen molar-refractivity contribution in [2.24, 2.45) is 5.92 Å². The molecule has 0 aromatic carbocycles. The largest absolute Gasteiger partial charge is 0.383 e. The fourth-order valence-corrected chi connectivity index (χ4v) is 2.27. The SMILES string of the molecule is CCC(CC)N(CC(C)C)C(=O)c1cccnc1N. The van der Waals surface area contributed by atoms with Gasteiger partial charge >= 0.3 is 0 Å². The maximum atomic E-state index is 12.7. The van der Waals surface area contributed by atoms with Crippen LogP contribution in [0.2, 0.25) is 0 Å². The van der Waals surface area contributed by atoms with Crippen LogP contribution in [-0.4, -0.2) is 28.4 Å². The number of anilines is 1. The van der Waals surface area contributed by atoms with Gasteiger partial charge in [-0.15, -0.1) is 0 Å². The zero-order chi connectivity index (χ0) is 14.4. The molecular weight excluding hydrogens is 238 g/mol. The molecule has 19 heavy (non-hydrogen) atoms. The van der Waals surface area contributed by atoms with Crippen LogP contribution in [0.5, 0.6) is 0 Å². The van der Waals surface area contributed by atoms with Crippen LogP contribution < -0.4 is 5.73 Å². The molecule has 0 aliphatic carbocycles. The molecule has 0 atom stereocenters. The van der Waals surface area contributed by atoms with Gasteiger partial charge in [0, 0.05) is 18.8 Å². The van der Waals surface area contributed by atoms with Crippen molar-refractivity contribution in [2.75, 3.05) is 12.3 Å². The van der Waals surface area contributed by atoms with Gasteiger partial charge in [-0.2, -0.15) is 0 Å². The molecule has 0 aliphatic heterocycles. The molecule has 1 aromatic rings. The van der Waals surface area contributed by atoms with E-state index in [2.05, 4.69) is 32.7 Å². The van der Waals surface area contributed by atoms with Crippen LogP contribution in [0.15, 0.2) is 18.3 Å². The van der Waals surface area contributed by atoms with E-state index in [1.807, 2.05) is 4.90 Å². The van der Waals surface area contributed by atoms with E-state index in [4.69, 9.17) is 5.73 Å². The second-order valence-electron chi connectivity index (χ2n) is 5.26. The van der Waals surface area contributed by atoms with Crippen LogP contribution in [-0.2, 0) is 0 Å². The van der Waals surface area contributed by atoms with E-state index in [0.29, 0.717) is 17.3 Å². The van der Waals surface area contributed by atoms with E-state index >= 15 is 0 Å². The smallest absolute Gasteiger partial charge is 0.257 e. The van der Waals surface area contributed by atoms with Gasteiger partial charge in [-0.1, -0.05) is 27.7 Å². The van der Waals surface area contributed by atoms with Crippen LogP contribution >= 0.6 is 0 Å². The summed E-state index contributed by atoms with van der Waals surface area (Å²) >= 11 is 0. The van der Waals surface area contributed by atoms with Gasteiger partial charge in [-0.05, 0) is 30.9 Å². The fraction of sp³-hybridized carbons (Fsp3) is 0.600. The number of nitrogen functional groups attached to an aromatic ring is 1. The van der Waals surface area contributed by atoms with Gasteiger partial charge in [0.15, 0.2) is 0 Å². The van der Waals surface area contributed by atoms with E-state index in [1.54, 1.807) is 18.3 Å². The molecule has 0 bridgehead atoms. The highest BCUT2D eigenvalue weighted by Gasteiger charge is 2.24. The third-order valence-electron chi connectivity index (χ3n) is 3.27. The number of carbonyl (C=O) groups is 1. The number of hydrogen-bond acceptors (Lipinski definition) is 3. The Hall–Kier alpha value is -1.58. The lowest BCUT2D eigenvalue weighted by Crippen LogP contribution is -2.42. The molecule has 1 rings (SSSR count). The number of carbonyl (C=O) groups excluding carboxylic acids is 1. The quantitative estimate of drug-likeness (QED) is 0.858. The average Bonchev–Trinajstić information content (AvgIpc) is 2.38. The molecular formula is C15H25N3O. The number of hydrogen-bond donors (Lipinski definition) is 1. The molecule has 0 saturated carbocycles. The second kappa shape index (κ2) is 7.12. The van der Waals surface area contributed by atoms with Gasteiger partial charge in [0.1, 0.15) is 5.82 Å². The molecule has 106 valence electrons. The van der Waals surface area contributed by atoms with Crippen molar-refractivity contribution >= 4 is 11.7 Å². The maximum Gasteiger partial charge on any atom is 0.257 e. The molecule has 4 nitrogen and oxygen atoms in total. The summed E-state index contributed by atoms with van der Waals surface area (Å²) in [4.78, 5) is 18.6. The number of rotatable bonds is 6. The highest BCUT2D eigenvalue weighted by atomic mass is 16.2. The topological polar surface area (TPSA) is 59.2 Å². The molecule has 0 saturated heterocycles. The Morgan fingerprint density at radius 3 is 2.47 bits per heavy atom. The van der Waals surface area contributed by atoms with Gasteiger partial charge in [-0.3, -0.25) is 4.79 Å². The molecule has 4 heteroatoms. The van der Waals surface area contributed by atoms with Crippen LogP contribution in [0.1, 0.15) is 50.9 Å². The predicted octanol–water partition coefficient (Wildman–Crippen LogP) is 2.95. The van der Waals surface area contributed by atoms with Gasteiger partial charge in [0.2, 0.25) is 0 Å². The molecule has 0 fully saturated rings. The first-order valence-electron chi connectivity index (χ1n) is 7.02. The number of amides is 1. The summed E-state index contributed by atoms with van der Waals surface area (Å²) in [6.45, 7) is 9.22. The Kier molecular flexibility index (Phi) is 5.80. The minimum Gasteiger partial charge on any atom is -0.383 e. The first kappa shape index (κ1) is 15.5. The summed E-state index contributed by atoms with van der Waals surface area (Å²) in [5.41, 5.74) is 6.32. The molecule has 0 radical (unpaired) electrons. The van der Waals surface area contributed by atoms with Crippen molar-refractivity contribution in [1.82, 2.24) is 9.88 Å². The van der Waals surface area contributed by atoms with Crippen molar-refractivity contribution in [3.8, 4) is 0 Å². The standard InChI is InChI=1S/C15H25N3O/c1-5-12(6-2)18(10-11(3)4)15(19)13-8-7-9-17-14(13)16/h7-9,11-12H,5-6,10H2,1-4H3,(H2,16,17). The predicted molar refractivity (Wildman–Crippen MR) is 78.9 cm³/mol. The van der Waals surface area contributed by atoms with Gasteiger partial charge < -0.3 is 10.6 Å². The molecule has 0 aliphatic rings. The monoisotopic (exact) mass is 263 g/mol. The van der Waals surface area contributed by atoms with Crippen molar-refractivity contribution in [2.45, 2.75) is 46.6 Å². The Morgan fingerprint density at radius 2 is 2.00 bits per heavy atom. The van der Waals surface area contributed by atoms with E-state index in [-0.39, 0.29) is 11.9 Å². The van der Waals surface area contributed by atoms with E-state index in [9.17, 15) is 4.79 Å². The zero-order valence-corrected chi connectivity index (χ0v) is 12.4. The van der Waals surface area contributed by atoms with Crippen molar-refractivity contribution in [3.05, 3.63) is 23.9 Å². The van der Waals surface area contributed by atoms with E-state index in [1.165, 1.54) is 0 Å². The Bertz CT molecular complexity index is 414. The third-order valence-corrected chi connectivity index (χ3v) is 3.27. The van der Waals surface area contributed by atoms with Gasteiger partial charge in [-0.25, -0.2) is 4.98 Å². The first-order valence-corrected chi connectivity index (χ1v) is 7.02. The minimum absolute atomic E-state index is 0.00648. The zero-order valence-electron chi connectivity index (χ0n) is 12.4. The van der Waals surface area contributed by atoms with Crippen molar-refractivity contribution in [3.63, 3.8) is 0 Å². The van der Waals surface area contributed by atoms with E-state index < -0.39 is 0 Å². The molecule has 2 N–H and O–H groups in total. The molecule has 0 unspecified atom stereocenters. The molecule has 0 spiro atoms. The summed E-state index contributed by atoms with van der Waals surface area (Å²) in [5.74, 6) is 0.739. The maximum absolute atomic E-state index is 12.7. The number of nitrogens with zero attached hydrogens (tertiary/aromatic N) is 2. The lowest BCUT2D eigenvalue weighted by atomic mass is 10.1. The van der Waals surface area contributed by atoms with Crippen LogP contribution in [0.4, 0.5) is 5.82 Å². The Balaban J connectivity index is 3.03. The normalized spacial score (nSPS) is 11.1. The molecule has 1 aromatic heterocycles. The first-order chi connectivity index (χ1) is 9.01. The van der Waals surface area contributed by atoms with Crippen molar-refractivity contribution in [1.29, 1.82) is 0 Å². The summed E-state index contributed by atoms with van der Waals surface area (Å²) in [5, 5.41) is 0.